The van der Waals surface area contributed by atoms with Crippen LogP contribution >= 0.6 is 15.9 Å². The van der Waals surface area contributed by atoms with Crippen molar-refractivity contribution in [2.75, 3.05) is 11.5 Å². The Bertz CT molecular complexity index is 629. The lowest BCUT2D eigenvalue weighted by Crippen LogP contribution is -2.46. The Kier molecular flexibility index (Phi) is 3.61. The largest absolute Gasteiger partial charge is 0.507 e. The predicted molar refractivity (Wildman–Crippen MR) is 74.9 cm³/mol. The van der Waals surface area contributed by atoms with Gasteiger partial charge in [0.25, 0.3) is 5.91 Å². The maximum atomic E-state index is 12.1. The van der Waals surface area contributed by atoms with Crippen LogP contribution in [0.15, 0.2) is 22.7 Å². The highest BCUT2D eigenvalue weighted by Crippen LogP contribution is 2.26. The molecule has 0 bridgehead atoms. The van der Waals surface area contributed by atoms with Gasteiger partial charge in [-0.05, 0) is 31.5 Å². The number of nitrogens with one attached hydrogen (secondary N) is 1. The van der Waals surface area contributed by atoms with Crippen molar-refractivity contribution in [2.24, 2.45) is 0 Å². The Morgan fingerprint density at radius 3 is 2.68 bits per heavy atom. The van der Waals surface area contributed by atoms with Crippen molar-refractivity contribution < 1.29 is 18.3 Å². The van der Waals surface area contributed by atoms with Crippen LogP contribution in [-0.2, 0) is 9.84 Å². The summed E-state index contributed by atoms with van der Waals surface area (Å²) in [6, 6.07) is 4.55. The zero-order chi connectivity index (χ0) is 14.3. The first-order chi connectivity index (χ1) is 8.71. The molecule has 7 heteroatoms. The number of hydrogen-bond acceptors (Lipinski definition) is 4. The van der Waals surface area contributed by atoms with Gasteiger partial charge >= 0.3 is 0 Å². The average Bonchev–Trinajstić information content (AvgIpc) is 2.52. The van der Waals surface area contributed by atoms with E-state index in [1.807, 2.05) is 0 Å². The lowest BCUT2D eigenvalue weighted by Gasteiger charge is -2.24. The number of hydrogen-bond donors (Lipinski definition) is 2. The third kappa shape index (κ3) is 3.27. The number of benzene rings is 1. The molecule has 1 atom stereocenters. The van der Waals surface area contributed by atoms with E-state index in [1.165, 1.54) is 12.1 Å². The summed E-state index contributed by atoms with van der Waals surface area (Å²) >= 11 is 3.19. The monoisotopic (exact) mass is 347 g/mol. The highest BCUT2D eigenvalue weighted by molar-refractivity contribution is 9.10. The zero-order valence-corrected chi connectivity index (χ0v) is 12.7. The maximum absolute atomic E-state index is 12.1. The summed E-state index contributed by atoms with van der Waals surface area (Å²) in [6.45, 7) is 1.70. The molecule has 1 saturated heterocycles. The number of aromatic hydroxyl groups is 1. The van der Waals surface area contributed by atoms with Gasteiger partial charge in [0.1, 0.15) is 5.75 Å². The molecule has 1 unspecified atom stereocenters. The zero-order valence-electron chi connectivity index (χ0n) is 10.3. The predicted octanol–water partition coefficient (Wildman–Crippen LogP) is 1.46. The second-order valence-corrected chi connectivity index (χ2v) is 8.12. The van der Waals surface area contributed by atoms with E-state index < -0.39 is 21.3 Å². The molecule has 0 aromatic heterocycles. The van der Waals surface area contributed by atoms with Crippen LogP contribution in [0.5, 0.6) is 5.75 Å². The quantitative estimate of drug-likeness (QED) is 0.848. The molecule has 5 nitrogen and oxygen atoms in total. The average molecular weight is 348 g/mol. The van der Waals surface area contributed by atoms with Crippen molar-refractivity contribution >= 4 is 31.7 Å². The molecule has 0 aliphatic carbocycles. The highest BCUT2D eigenvalue weighted by Gasteiger charge is 2.39. The fraction of sp³-hybridized carbons (Fsp3) is 0.417. The number of phenolic OH excluding ortho intramolecular Hbond substituents is 1. The fourth-order valence-electron chi connectivity index (χ4n) is 2.15. The van der Waals surface area contributed by atoms with E-state index in [0.29, 0.717) is 10.9 Å². The molecule has 1 aromatic carbocycles. The highest BCUT2D eigenvalue weighted by atomic mass is 79.9. The van der Waals surface area contributed by atoms with Gasteiger partial charge in [-0.1, -0.05) is 15.9 Å². The van der Waals surface area contributed by atoms with E-state index in [9.17, 15) is 18.3 Å². The van der Waals surface area contributed by atoms with Gasteiger partial charge in [0.15, 0.2) is 9.84 Å². The molecule has 104 valence electrons. The van der Waals surface area contributed by atoms with E-state index in [0.717, 1.165) is 0 Å². The summed E-state index contributed by atoms with van der Waals surface area (Å²) in [5.41, 5.74) is -0.635. The molecule has 1 fully saturated rings. The van der Waals surface area contributed by atoms with E-state index in [2.05, 4.69) is 21.2 Å². The van der Waals surface area contributed by atoms with Gasteiger partial charge < -0.3 is 10.4 Å². The number of phenols is 1. The molecule has 1 heterocycles. The number of sulfone groups is 1. The van der Waals surface area contributed by atoms with Crippen LogP contribution in [-0.4, -0.2) is 36.5 Å². The minimum Gasteiger partial charge on any atom is -0.507 e. The molecule has 19 heavy (non-hydrogen) atoms. The van der Waals surface area contributed by atoms with Gasteiger partial charge in [-0.3, -0.25) is 4.79 Å². The number of halogens is 1. The molecule has 2 rings (SSSR count). The molecule has 1 amide bonds. The van der Waals surface area contributed by atoms with Gasteiger partial charge in [0.05, 0.1) is 22.6 Å². The first-order valence-electron chi connectivity index (χ1n) is 5.72. The van der Waals surface area contributed by atoms with Crippen molar-refractivity contribution in [1.82, 2.24) is 5.32 Å². The summed E-state index contributed by atoms with van der Waals surface area (Å²) in [7, 11) is -3.08. The van der Waals surface area contributed by atoms with E-state index >= 15 is 0 Å². The third-order valence-electron chi connectivity index (χ3n) is 3.12. The van der Waals surface area contributed by atoms with E-state index in [1.54, 1.807) is 13.0 Å². The summed E-state index contributed by atoms with van der Waals surface area (Å²) in [5.74, 6) is -0.597. The summed E-state index contributed by atoms with van der Waals surface area (Å²) < 4.78 is 23.6. The molecular formula is C12H14BrNO4S. The van der Waals surface area contributed by atoms with Gasteiger partial charge in [0.2, 0.25) is 0 Å². The van der Waals surface area contributed by atoms with Crippen LogP contribution in [0.1, 0.15) is 23.7 Å². The minimum atomic E-state index is -3.08. The van der Waals surface area contributed by atoms with Gasteiger partial charge in [-0.2, -0.15) is 0 Å². The molecule has 1 aromatic rings. The summed E-state index contributed by atoms with van der Waals surface area (Å²) in [5, 5.41) is 12.4. The lowest BCUT2D eigenvalue weighted by molar-refractivity contribution is 0.0912. The molecule has 1 aliphatic heterocycles. The molecule has 1 aliphatic rings. The van der Waals surface area contributed by atoms with Crippen LogP contribution < -0.4 is 5.32 Å². The van der Waals surface area contributed by atoms with Crippen molar-refractivity contribution in [3.05, 3.63) is 28.2 Å². The standard InChI is InChI=1S/C12H14BrNO4S/c1-12(4-5-19(17,18)7-12)14-11(16)9-3-2-8(13)6-10(9)15/h2-3,6,15H,4-5,7H2,1H3,(H,14,16). The molecule has 0 saturated carbocycles. The normalized spacial score (nSPS) is 25.2. The summed E-state index contributed by atoms with van der Waals surface area (Å²) in [4.78, 5) is 12.1. The van der Waals surface area contributed by atoms with Crippen molar-refractivity contribution in [3.63, 3.8) is 0 Å². The van der Waals surface area contributed by atoms with Gasteiger partial charge in [-0.25, -0.2) is 8.42 Å². The maximum Gasteiger partial charge on any atom is 0.255 e. The van der Waals surface area contributed by atoms with Crippen LogP contribution in [0.4, 0.5) is 0 Å². The summed E-state index contributed by atoms with van der Waals surface area (Å²) in [6.07, 6.45) is 0.387. The van der Waals surface area contributed by atoms with Gasteiger partial charge in [0, 0.05) is 4.47 Å². The first kappa shape index (κ1) is 14.3. The van der Waals surface area contributed by atoms with Crippen LogP contribution in [0, 0.1) is 0 Å². The lowest BCUT2D eigenvalue weighted by atomic mass is 10.0. The molecule has 2 N–H and O–H groups in total. The topological polar surface area (TPSA) is 83.5 Å². The van der Waals surface area contributed by atoms with E-state index in [-0.39, 0.29) is 22.8 Å². The Morgan fingerprint density at radius 2 is 2.16 bits per heavy atom. The second-order valence-electron chi connectivity index (χ2n) is 5.02. The Hall–Kier alpha value is -1.08. The van der Waals surface area contributed by atoms with Gasteiger partial charge in [-0.15, -0.1) is 0 Å². The first-order valence-corrected chi connectivity index (χ1v) is 8.34. The number of amides is 1. The van der Waals surface area contributed by atoms with E-state index in [4.69, 9.17) is 0 Å². The molecule has 0 radical (unpaired) electrons. The molecular weight excluding hydrogens is 334 g/mol. The van der Waals surface area contributed by atoms with Crippen molar-refractivity contribution in [2.45, 2.75) is 18.9 Å². The second kappa shape index (κ2) is 4.79. The van der Waals surface area contributed by atoms with Crippen molar-refractivity contribution in [1.29, 1.82) is 0 Å². The number of carbonyl (C=O) groups excluding carboxylic acids is 1. The van der Waals surface area contributed by atoms with Crippen LogP contribution in [0.25, 0.3) is 0 Å². The Balaban J connectivity index is 2.18. The van der Waals surface area contributed by atoms with Crippen LogP contribution in [0.2, 0.25) is 0 Å². The number of carbonyl (C=O) groups is 1. The number of rotatable bonds is 2. The Labute approximate surface area is 120 Å². The smallest absolute Gasteiger partial charge is 0.255 e. The van der Waals surface area contributed by atoms with Crippen LogP contribution in [0.3, 0.4) is 0 Å². The third-order valence-corrected chi connectivity index (χ3v) is 5.52. The molecule has 0 spiro atoms. The Morgan fingerprint density at radius 1 is 1.47 bits per heavy atom. The minimum absolute atomic E-state index is 0.0664. The fourth-order valence-corrected chi connectivity index (χ4v) is 4.59. The van der Waals surface area contributed by atoms with Crippen molar-refractivity contribution in [3.8, 4) is 5.75 Å². The SMILES string of the molecule is CC1(NC(=O)c2ccc(Br)cc2O)CCS(=O)(=O)C1.